The summed E-state index contributed by atoms with van der Waals surface area (Å²) in [4.78, 5) is 11.8. The number of hydrogen-bond acceptors (Lipinski definition) is 7. The van der Waals surface area contributed by atoms with Gasteiger partial charge in [0, 0.05) is 10.9 Å². The summed E-state index contributed by atoms with van der Waals surface area (Å²) >= 11 is 4.92. The van der Waals surface area contributed by atoms with E-state index in [1.165, 1.54) is 15.5 Å². The fourth-order valence-electron chi connectivity index (χ4n) is 3.20. The molecule has 5 aromatic rings. The summed E-state index contributed by atoms with van der Waals surface area (Å²) in [7, 11) is 0. The summed E-state index contributed by atoms with van der Waals surface area (Å²) in [6, 6.07) is 16.4. The largest absolute Gasteiger partial charge is 0.276 e. The van der Waals surface area contributed by atoms with E-state index in [9.17, 15) is 0 Å². The average molecular weight is 432 g/mol. The molecule has 4 heterocycles. The van der Waals surface area contributed by atoms with Gasteiger partial charge < -0.3 is 0 Å². The zero-order valence-corrected chi connectivity index (χ0v) is 17.7. The van der Waals surface area contributed by atoms with Crippen LogP contribution in [0.15, 0.2) is 59.2 Å². The Morgan fingerprint density at radius 2 is 1.93 bits per heavy atom. The van der Waals surface area contributed by atoms with Gasteiger partial charge >= 0.3 is 0 Å². The minimum absolute atomic E-state index is 0.678. The topological polar surface area (TPSA) is 78.2 Å². The number of thioether (sulfide) groups is 1. The molecule has 0 saturated heterocycles. The molecule has 0 spiro atoms. The van der Waals surface area contributed by atoms with Crippen molar-refractivity contribution in [1.29, 1.82) is 5.26 Å². The number of nitrogens with one attached hydrogen (secondary N) is 1. The van der Waals surface area contributed by atoms with Gasteiger partial charge in [-0.2, -0.15) is 10.4 Å². The van der Waals surface area contributed by atoms with E-state index in [1.54, 1.807) is 29.4 Å². The van der Waals surface area contributed by atoms with E-state index in [2.05, 4.69) is 50.7 Å². The summed E-state index contributed by atoms with van der Waals surface area (Å²) in [5, 5.41) is 17.5. The molecule has 0 saturated carbocycles. The number of rotatable bonds is 4. The SMILES string of the molecule is CSc1ccc(-c2ncnc3ccc(-c4cn[nH]c4-c4ccc(C#N)s4)cc23)s1. The Morgan fingerprint density at radius 1 is 1.03 bits per heavy atom. The minimum Gasteiger partial charge on any atom is -0.276 e. The van der Waals surface area contributed by atoms with Crippen molar-refractivity contribution in [3.05, 3.63) is 59.9 Å². The van der Waals surface area contributed by atoms with Gasteiger partial charge in [0.1, 0.15) is 17.3 Å². The first-order valence-electron chi connectivity index (χ1n) is 8.70. The average Bonchev–Trinajstić information content (AvgIpc) is 3.52. The van der Waals surface area contributed by atoms with E-state index in [4.69, 9.17) is 5.26 Å². The molecule has 29 heavy (non-hydrogen) atoms. The van der Waals surface area contributed by atoms with Crippen LogP contribution in [0.2, 0.25) is 0 Å². The van der Waals surface area contributed by atoms with Gasteiger partial charge in [-0.15, -0.1) is 34.4 Å². The highest BCUT2D eigenvalue weighted by Gasteiger charge is 2.15. The zero-order chi connectivity index (χ0) is 19.8. The van der Waals surface area contributed by atoms with Crippen molar-refractivity contribution in [2.24, 2.45) is 0 Å². The standard InChI is InChI=1S/C21H13N5S3/c1-27-19-7-6-17(29-19)20-14-8-12(2-4-16(14)23-11-24-20)15-10-25-26-21(15)18-5-3-13(9-22)28-18/h2-8,10-11H,1H3,(H,25,26). The number of nitrogens with zero attached hydrogens (tertiary/aromatic N) is 4. The van der Waals surface area contributed by atoms with Gasteiger partial charge in [0.05, 0.1) is 37.1 Å². The van der Waals surface area contributed by atoms with Crippen LogP contribution in [0.1, 0.15) is 4.88 Å². The first kappa shape index (κ1) is 18.1. The molecule has 1 N–H and O–H groups in total. The molecule has 5 nitrogen and oxygen atoms in total. The van der Waals surface area contributed by atoms with Gasteiger partial charge in [-0.05, 0) is 48.2 Å². The van der Waals surface area contributed by atoms with E-state index in [0.717, 1.165) is 43.2 Å². The second kappa shape index (κ2) is 7.44. The molecule has 0 atom stereocenters. The molecule has 140 valence electrons. The normalized spacial score (nSPS) is 11.0. The van der Waals surface area contributed by atoms with Crippen molar-refractivity contribution < 1.29 is 0 Å². The van der Waals surface area contributed by atoms with E-state index in [1.807, 2.05) is 30.5 Å². The quantitative estimate of drug-likeness (QED) is 0.349. The first-order chi connectivity index (χ1) is 14.3. The predicted octanol–water partition coefficient (Wildman–Crippen LogP) is 6.07. The van der Waals surface area contributed by atoms with Gasteiger partial charge in [-0.25, -0.2) is 9.97 Å². The molecule has 0 aliphatic heterocycles. The third kappa shape index (κ3) is 3.23. The molecule has 0 fully saturated rings. The molecule has 0 radical (unpaired) electrons. The summed E-state index contributed by atoms with van der Waals surface area (Å²) < 4.78 is 1.26. The Morgan fingerprint density at radius 3 is 2.72 bits per heavy atom. The Labute approximate surface area is 179 Å². The smallest absolute Gasteiger partial charge is 0.116 e. The summed E-state index contributed by atoms with van der Waals surface area (Å²) in [5.74, 6) is 0. The van der Waals surface area contributed by atoms with Gasteiger partial charge in [-0.3, -0.25) is 5.10 Å². The molecule has 4 aromatic heterocycles. The lowest BCUT2D eigenvalue weighted by molar-refractivity contribution is 1.10. The van der Waals surface area contributed by atoms with Gasteiger partial charge in [0.2, 0.25) is 0 Å². The van der Waals surface area contributed by atoms with Crippen LogP contribution in [0.3, 0.4) is 0 Å². The number of thiophene rings is 2. The van der Waals surface area contributed by atoms with Crippen LogP contribution in [0.4, 0.5) is 0 Å². The highest BCUT2D eigenvalue weighted by molar-refractivity contribution is 8.00. The van der Waals surface area contributed by atoms with E-state index in [-0.39, 0.29) is 0 Å². The number of H-pyrrole nitrogens is 1. The maximum absolute atomic E-state index is 9.13. The number of nitriles is 1. The van der Waals surface area contributed by atoms with E-state index >= 15 is 0 Å². The Balaban J connectivity index is 1.65. The van der Waals surface area contributed by atoms with E-state index in [0.29, 0.717) is 4.88 Å². The van der Waals surface area contributed by atoms with Crippen molar-refractivity contribution in [2.45, 2.75) is 4.21 Å². The van der Waals surface area contributed by atoms with Crippen molar-refractivity contribution in [2.75, 3.05) is 6.26 Å². The number of aromatic amines is 1. The second-order valence-electron chi connectivity index (χ2n) is 6.21. The summed E-state index contributed by atoms with van der Waals surface area (Å²) in [6.07, 6.45) is 5.52. The van der Waals surface area contributed by atoms with Crippen LogP contribution in [-0.4, -0.2) is 26.4 Å². The molecule has 0 unspecified atom stereocenters. The Kier molecular flexibility index (Phi) is 4.64. The van der Waals surface area contributed by atoms with Crippen molar-refractivity contribution >= 4 is 45.3 Å². The number of aromatic nitrogens is 4. The fraction of sp³-hybridized carbons (Fsp3) is 0.0476. The second-order valence-corrected chi connectivity index (χ2v) is 9.49. The van der Waals surface area contributed by atoms with Gasteiger partial charge in [0.25, 0.3) is 0 Å². The lowest BCUT2D eigenvalue weighted by Gasteiger charge is -2.07. The third-order valence-corrected chi connectivity index (χ3v) is 7.75. The fourth-order valence-corrected chi connectivity index (χ4v) is 5.57. The van der Waals surface area contributed by atoms with Crippen molar-refractivity contribution in [3.8, 4) is 38.3 Å². The number of hydrogen-bond donors (Lipinski definition) is 1. The Bertz CT molecular complexity index is 1370. The molecule has 0 aliphatic carbocycles. The zero-order valence-electron chi connectivity index (χ0n) is 15.2. The monoisotopic (exact) mass is 431 g/mol. The molecular weight excluding hydrogens is 418 g/mol. The summed E-state index contributed by atoms with van der Waals surface area (Å²) in [5.41, 5.74) is 4.78. The lowest BCUT2D eigenvalue weighted by Crippen LogP contribution is -1.88. The van der Waals surface area contributed by atoms with Crippen LogP contribution in [0.5, 0.6) is 0 Å². The maximum atomic E-state index is 9.13. The molecule has 8 heteroatoms. The maximum Gasteiger partial charge on any atom is 0.116 e. The van der Waals surface area contributed by atoms with Gasteiger partial charge in [-0.1, -0.05) is 6.07 Å². The summed E-state index contributed by atoms with van der Waals surface area (Å²) in [6.45, 7) is 0. The van der Waals surface area contributed by atoms with Crippen LogP contribution in [0, 0.1) is 11.3 Å². The van der Waals surface area contributed by atoms with Crippen LogP contribution >= 0.6 is 34.4 Å². The van der Waals surface area contributed by atoms with Crippen molar-refractivity contribution in [1.82, 2.24) is 20.2 Å². The Hall–Kier alpha value is -2.99. The van der Waals surface area contributed by atoms with E-state index < -0.39 is 0 Å². The lowest BCUT2D eigenvalue weighted by atomic mass is 10.0. The molecule has 0 amide bonds. The highest BCUT2D eigenvalue weighted by atomic mass is 32.2. The van der Waals surface area contributed by atoms with Crippen LogP contribution in [-0.2, 0) is 0 Å². The van der Waals surface area contributed by atoms with Gasteiger partial charge in [0.15, 0.2) is 0 Å². The van der Waals surface area contributed by atoms with Crippen LogP contribution < -0.4 is 0 Å². The molecular formula is C21H13N5S3. The van der Waals surface area contributed by atoms with Crippen LogP contribution in [0.25, 0.3) is 43.2 Å². The molecule has 5 rings (SSSR count). The number of fused-ring (bicyclic) bond motifs is 1. The first-order valence-corrected chi connectivity index (χ1v) is 11.6. The molecule has 0 aliphatic rings. The molecule has 0 bridgehead atoms. The van der Waals surface area contributed by atoms with Crippen molar-refractivity contribution in [3.63, 3.8) is 0 Å². The predicted molar refractivity (Wildman–Crippen MR) is 120 cm³/mol. The highest BCUT2D eigenvalue weighted by Crippen LogP contribution is 2.38. The number of benzene rings is 1. The minimum atomic E-state index is 0.678. The third-order valence-electron chi connectivity index (χ3n) is 4.56. The molecule has 1 aromatic carbocycles.